The van der Waals surface area contributed by atoms with E-state index in [0.717, 1.165) is 11.2 Å². The monoisotopic (exact) mass is 846 g/mol. The van der Waals surface area contributed by atoms with Crippen molar-refractivity contribution in [3.05, 3.63) is 149 Å². The zero-order valence-electron chi connectivity index (χ0n) is 40.3. The van der Waals surface area contributed by atoms with Crippen molar-refractivity contribution in [1.29, 1.82) is 0 Å². The van der Waals surface area contributed by atoms with Crippen molar-refractivity contribution in [1.82, 2.24) is 4.57 Å². The first-order valence-electron chi connectivity index (χ1n) is 24.1. The second-order valence-corrected chi connectivity index (χ2v) is 24.0. The Hall–Kier alpha value is -6.00. The normalized spacial score (nSPS) is 17.4. The molecule has 2 aromatic heterocycles. The SMILES string of the molecule is CC(C)(C)c1ccc(N2B3c4cc(C(C)(C)C)ccc4-n4c5ccc6oc7ccccc7c6c5c5ccc(c3c54)-c3cc4c(cc32)-c2cc3c(cc2C4(C)C)C(C)(C)CCC3(C)C)cc1. The molecule has 0 atom stereocenters. The van der Waals surface area contributed by atoms with E-state index >= 15 is 0 Å². The van der Waals surface area contributed by atoms with Gasteiger partial charge in [0.05, 0.1) is 11.0 Å². The molecule has 2 aliphatic carbocycles. The maximum absolute atomic E-state index is 6.58. The minimum Gasteiger partial charge on any atom is -0.456 e. The highest BCUT2D eigenvalue weighted by molar-refractivity contribution is 6.93. The molecule has 4 heteroatoms. The van der Waals surface area contributed by atoms with Crippen molar-refractivity contribution in [3.8, 4) is 27.9 Å². The number of nitrogens with zero attached hydrogens (tertiary/aromatic N) is 2. The molecule has 0 amide bonds. The van der Waals surface area contributed by atoms with Crippen LogP contribution in [-0.2, 0) is 27.1 Å². The first-order valence-corrected chi connectivity index (χ1v) is 24.1. The van der Waals surface area contributed by atoms with E-state index in [-0.39, 0.29) is 33.9 Å². The van der Waals surface area contributed by atoms with Crippen molar-refractivity contribution >= 4 is 72.9 Å². The van der Waals surface area contributed by atoms with Crippen LogP contribution in [0.15, 0.2) is 120 Å². The van der Waals surface area contributed by atoms with Crippen LogP contribution in [0, 0.1) is 0 Å². The van der Waals surface area contributed by atoms with E-state index < -0.39 is 0 Å². The van der Waals surface area contributed by atoms with Crippen LogP contribution in [0.4, 0.5) is 11.4 Å². The summed E-state index contributed by atoms with van der Waals surface area (Å²) in [5.41, 5.74) is 25.1. The van der Waals surface area contributed by atoms with Gasteiger partial charge in [-0.3, -0.25) is 0 Å². The van der Waals surface area contributed by atoms with E-state index in [1.54, 1.807) is 0 Å². The number of rotatable bonds is 1. The summed E-state index contributed by atoms with van der Waals surface area (Å²) < 4.78 is 9.19. The van der Waals surface area contributed by atoms with Gasteiger partial charge in [0, 0.05) is 49.6 Å². The lowest BCUT2D eigenvalue weighted by Gasteiger charge is -2.43. The van der Waals surface area contributed by atoms with Crippen LogP contribution < -0.4 is 15.7 Å². The highest BCUT2D eigenvalue weighted by Crippen LogP contribution is 2.58. The fraction of sp³-hybridized carbons (Fsp3) is 0.311. The summed E-state index contributed by atoms with van der Waals surface area (Å²) in [5, 5.41) is 4.91. The van der Waals surface area contributed by atoms with Crippen molar-refractivity contribution in [2.24, 2.45) is 0 Å². The number of benzene rings is 7. The molecule has 3 nitrogen and oxygen atoms in total. The van der Waals surface area contributed by atoms with Gasteiger partial charge >= 0.3 is 6.85 Å². The number of furan rings is 1. The van der Waals surface area contributed by atoms with Crippen LogP contribution in [0.5, 0.6) is 0 Å². The smallest absolute Gasteiger partial charge is 0.333 e. The summed E-state index contributed by atoms with van der Waals surface area (Å²) in [6.45, 7) is 28.7. The van der Waals surface area contributed by atoms with Gasteiger partial charge in [0.15, 0.2) is 0 Å². The van der Waals surface area contributed by atoms with E-state index in [1.165, 1.54) is 129 Å². The van der Waals surface area contributed by atoms with Gasteiger partial charge in [-0.2, -0.15) is 0 Å². The zero-order chi connectivity index (χ0) is 45.1. The number of anilines is 2. The Labute approximate surface area is 384 Å². The topological polar surface area (TPSA) is 21.3 Å². The lowest BCUT2D eigenvalue weighted by molar-refractivity contribution is 0.331. The Morgan fingerprint density at radius 3 is 1.89 bits per heavy atom. The summed E-state index contributed by atoms with van der Waals surface area (Å²) in [6.07, 6.45) is 2.41. The molecule has 9 aromatic rings. The van der Waals surface area contributed by atoms with Crippen molar-refractivity contribution in [2.75, 3.05) is 4.81 Å². The summed E-state index contributed by atoms with van der Waals surface area (Å²) in [6, 6.07) is 45.3. The molecule has 7 aromatic carbocycles. The standard InChI is InChI=1S/C61H59BN2O/c1-57(2,3)34-17-20-36(21-18-34)64-50-32-41-40-30-45-46(60(9,10)28-27-59(45,7)8)33-44(40)61(11,12)43(41)31-42(50)37-22-23-39-53-49(25-26-52-54(53)38-15-13-14-16-51(38)65-52)63-48-24-19-35(58(4,5)6)29-47(48)62(64)55(37)56(39)63/h13-26,29-33H,27-28H2,1-12H3. The predicted octanol–water partition coefficient (Wildman–Crippen LogP) is 15.2. The van der Waals surface area contributed by atoms with Crippen molar-refractivity contribution < 1.29 is 4.42 Å². The van der Waals surface area contributed by atoms with Gasteiger partial charge in [-0.25, -0.2) is 0 Å². The summed E-state index contributed by atoms with van der Waals surface area (Å²) in [5.74, 6) is 0. The molecule has 0 fully saturated rings. The van der Waals surface area contributed by atoms with Gasteiger partial charge in [0.1, 0.15) is 11.2 Å². The van der Waals surface area contributed by atoms with Crippen molar-refractivity contribution in [2.45, 2.75) is 123 Å². The molecule has 13 rings (SSSR count). The fourth-order valence-corrected chi connectivity index (χ4v) is 12.9. The average Bonchev–Trinajstić information content (AvgIpc) is 3.88. The molecular formula is C61H59BN2O. The molecule has 322 valence electrons. The minimum absolute atomic E-state index is 0.0336. The summed E-state index contributed by atoms with van der Waals surface area (Å²) >= 11 is 0. The van der Waals surface area contributed by atoms with Crippen LogP contribution in [0.1, 0.15) is 129 Å². The number of hydrogen-bond acceptors (Lipinski definition) is 2. The number of para-hydroxylation sites is 1. The number of fused-ring (bicyclic) bond motifs is 16. The van der Waals surface area contributed by atoms with Gasteiger partial charge in [0.25, 0.3) is 0 Å². The third-order valence-electron chi connectivity index (χ3n) is 16.8. The first kappa shape index (κ1) is 39.4. The molecule has 4 heterocycles. The quantitative estimate of drug-likeness (QED) is 0.154. The Kier molecular flexibility index (Phi) is 7.43. The summed E-state index contributed by atoms with van der Waals surface area (Å²) in [7, 11) is 0. The Morgan fingerprint density at radius 1 is 0.523 bits per heavy atom. The maximum atomic E-state index is 6.58. The highest BCUT2D eigenvalue weighted by Gasteiger charge is 2.48. The van der Waals surface area contributed by atoms with Crippen LogP contribution in [0.3, 0.4) is 0 Å². The first-order chi connectivity index (χ1) is 30.7. The molecule has 0 saturated carbocycles. The third kappa shape index (κ3) is 5.09. The van der Waals surface area contributed by atoms with Crippen molar-refractivity contribution in [3.63, 3.8) is 0 Å². The van der Waals surface area contributed by atoms with E-state index in [4.69, 9.17) is 4.42 Å². The Balaban J connectivity index is 1.18. The minimum atomic E-state index is -0.166. The predicted molar refractivity (Wildman–Crippen MR) is 277 cm³/mol. The second-order valence-electron chi connectivity index (χ2n) is 24.0. The van der Waals surface area contributed by atoms with Gasteiger partial charge < -0.3 is 13.8 Å². The average molecular weight is 847 g/mol. The van der Waals surface area contributed by atoms with Gasteiger partial charge in [-0.1, -0.05) is 144 Å². The molecular weight excluding hydrogens is 787 g/mol. The molecule has 0 saturated heterocycles. The van der Waals surface area contributed by atoms with Crippen LogP contribution in [0.25, 0.3) is 71.7 Å². The van der Waals surface area contributed by atoms with E-state index in [9.17, 15) is 0 Å². The molecule has 0 bridgehead atoms. The second kappa shape index (κ2) is 12.3. The molecule has 0 unspecified atom stereocenters. The molecule has 2 aliphatic heterocycles. The maximum Gasteiger partial charge on any atom is 0.333 e. The number of aromatic nitrogens is 1. The Bertz CT molecular complexity index is 3600. The van der Waals surface area contributed by atoms with E-state index in [0.29, 0.717) is 0 Å². The Morgan fingerprint density at radius 2 is 1.17 bits per heavy atom. The largest absolute Gasteiger partial charge is 0.456 e. The lowest BCUT2D eigenvalue weighted by Crippen LogP contribution is -2.60. The fourth-order valence-electron chi connectivity index (χ4n) is 12.9. The molecule has 4 aliphatic rings. The van der Waals surface area contributed by atoms with Gasteiger partial charge in [-0.15, -0.1) is 0 Å². The summed E-state index contributed by atoms with van der Waals surface area (Å²) in [4.78, 5) is 2.73. The highest BCUT2D eigenvalue weighted by atomic mass is 16.3. The molecule has 0 spiro atoms. The number of hydrogen-bond donors (Lipinski definition) is 0. The third-order valence-corrected chi connectivity index (χ3v) is 16.8. The van der Waals surface area contributed by atoms with E-state index in [2.05, 4.69) is 208 Å². The molecule has 0 radical (unpaired) electrons. The van der Waals surface area contributed by atoms with Crippen LogP contribution >= 0.6 is 0 Å². The molecule has 0 N–H and O–H groups in total. The van der Waals surface area contributed by atoms with Crippen LogP contribution in [-0.4, -0.2) is 11.4 Å². The molecule has 65 heavy (non-hydrogen) atoms. The van der Waals surface area contributed by atoms with Gasteiger partial charge in [0.2, 0.25) is 0 Å². The van der Waals surface area contributed by atoms with Crippen LogP contribution in [0.2, 0.25) is 0 Å². The van der Waals surface area contributed by atoms with E-state index in [1.807, 2.05) is 0 Å². The lowest BCUT2D eigenvalue weighted by atomic mass is 9.43. The van der Waals surface area contributed by atoms with Gasteiger partial charge in [-0.05, 0) is 150 Å². The zero-order valence-corrected chi connectivity index (χ0v) is 40.3.